The van der Waals surface area contributed by atoms with Gasteiger partial charge in [0.1, 0.15) is 11.3 Å². The number of carbonyl (C=O) groups is 1. The molecule has 104 valence electrons. The molecule has 0 aliphatic carbocycles. The fourth-order valence-corrected chi connectivity index (χ4v) is 1.91. The van der Waals surface area contributed by atoms with Gasteiger partial charge in [0.25, 0.3) is 0 Å². The average Bonchev–Trinajstić information content (AvgIpc) is 2.45. The van der Waals surface area contributed by atoms with Crippen LogP contribution in [0.4, 0.5) is 0 Å². The third kappa shape index (κ3) is 2.51. The van der Waals surface area contributed by atoms with Crippen LogP contribution in [0, 0.1) is 0 Å². The van der Waals surface area contributed by atoms with Crippen LogP contribution in [-0.4, -0.2) is 30.4 Å². The molecule has 0 saturated heterocycles. The highest BCUT2D eigenvalue weighted by atomic mass is 16.5. The van der Waals surface area contributed by atoms with Crippen LogP contribution in [0.5, 0.6) is 17.2 Å². The number of carboxylic acid groups (broad SMARTS) is 1. The van der Waals surface area contributed by atoms with Crippen molar-refractivity contribution >= 4 is 5.97 Å². The molecule has 0 amide bonds. The number of phenols is 1. The molecular weight excluding hydrogens is 260 g/mol. The average molecular weight is 274 g/mol. The normalized spacial score (nSPS) is 10.1. The van der Waals surface area contributed by atoms with Crippen LogP contribution in [0.25, 0.3) is 11.1 Å². The fourth-order valence-electron chi connectivity index (χ4n) is 1.91. The van der Waals surface area contributed by atoms with E-state index in [0.29, 0.717) is 17.1 Å². The Labute approximate surface area is 116 Å². The number of hydrogen-bond acceptors (Lipinski definition) is 4. The standard InChI is InChI=1S/C15H14O5/c1-19-13-6-4-10(8-14(13)20-2)9-3-5-11(15(17)18)12(16)7-9/h3-8,16H,1-2H3,(H,17,18). The van der Waals surface area contributed by atoms with E-state index in [0.717, 1.165) is 5.56 Å². The van der Waals surface area contributed by atoms with Gasteiger partial charge in [0.2, 0.25) is 0 Å². The molecule has 0 spiro atoms. The summed E-state index contributed by atoms with van der Waals surface area (Å²) >= 11 is 0. The Bertz CT molecular complexity index is 649. The SMILES string of the molecule is COc1ccc(-c2ccc(C(=O)O)c(O)c2)cc1OC. The number of aromatic carboxylic acids is 1. The van der Waals surface area contributed by atoms with E-state index in [9.17, 15) is 9.90 Å². The molecule has 0 unspecified atom stereocenters. The first kappa shape index (κ1) is 13.7. The first-order valence-electron chi connectivity index (χ1n) is 5.85. The van der Waals surface area contributed by atoms with Crippen LogP contribution in [0.15, 0.2) is 36.4 Å². The number of hydrogen-bond donors (Lipinski definition) is 2. The molecule has 2 aromatic rings. The Morgan fingerprint density at radius 1 is 0.950 bits per heavy atom. The van der Waals surface area contributed by atoms with Gasteiger partial charge in [-0.2, -0.15) is 0 Å². The minimum atomic E-state index is -1.17. The maximum Gasteiger partial charge on any atom is 0.339 e. The van der Waals surface area contributed by atoms with Gasteiger partial charge in [0, 0.05) is 0 Å². The van der Waals surface area contributed by atoms with Gasteiger partial charge in [0.15, 0.2) is 11.5 Å². The number of ether oxygens (including phenoxy) is 2. The minimum absolute atomic E-state index is 0.130. The summed E-state index contributed by atoms with van der Waals surface area (Å²) in [4.78, 5) is 10.9. The zero-order valence-electron chi connectivity index (χ0n) is 11.1. The zero-order valence-corrected chi connectivity index (χ0v) is 11.1. The summed E-state index contributed by atoms with van der Waals surface area (Å²) in [5, 5.41) is 18.6. The Kier molecular flexibility index (Phi) is 3.79. The van der Waals surface area contributed by atoms with E-state index in [1.54, 1.807) is 31.4 Å². The van der Waals surface area contributed by atoms with Crippen molar-refractivity contribution in [2.24, 2.45) is 0 Å². The summed E-state index contributed by atoms with van der Waals surface area (Å²) < 4.78 is 10.4. The lowest BCUT2D eigenvalue weighted by atomic mass is 10.0. The van der Waals surface area contributed by atoms with Crippen molar-refractivity contribution in [1.82, 2.24) is 0 Å². The molecule has 0 radical (unpaired) electrons. The van der Waals surface area contributed by atoms with Crippen LogP contribution in [-0.2, 0) is 0 Å². The maximum absolute atomic E-state index is 10.9. The molecule has 0 aliphatic rings. The Balaban J connectivity index is 2.46. The monoisotopic (exact) mass is 274 g/mol. The summed E-state index contributed by atoms with van der Waals surface area (Å²) in [6, 6.07) is 9.71. The van der Waals surface area contributed by atoms with E-state index in [4.69, 9.17) is 14.6 Å². The van der Waals surface area contributed by atoms with Crippen LogP contribution >= 0.6 is 0 Å². The molecule has 0 saturated carbocycles. The molecule has 20 heavy (non-hydrogen) atoms. The summed E-state index contributed by atoms with van der Waals surface area (Å²) in [6.45, 7) is 0. The number of aromatic hydroxyl groups is 1. The molecule has 2 aromatic carbocycles. The quantitative estimate of drug-likeness (QED) is 0.896. The van der Waals surface area contributed by atoms with Crippen molar-refractivity contribution in [2.45, 2.75) is 0 Å². The van der Waals surface area contributed by atoms with Gasteiger partial charge in [-0.3, -0.25) is 0 Å². The van der Waals surface area contributed by atoms with Gasteiger partial charge in [-0.1, -0.05) is 12.1 Å². The van der Waals surface area contributed by atoms with Crippen molar-refractivity contribution in [3.63, 3.8) is 0 Å². The molecule has 5 heteroatoms. The fraction of sp³-hybridized carbons (Fsp3) is 0.133. The summed E-state index contributed by atoms with van der Waals surface area (Å²) in [5.74, 6) is -0.277. The van der Waals surface area contributed by atoms with E-state index >= 15 is 0 Å². The molecular formula is C15H14O5. The van der Waals surface area contributed by atoms with Crippen LogP contribution in [0.3, 0.4) is 0 Å². The Morgan fingerprint density at radius 3 is 2.10 bits per heavy atom. The summed E-state index contributed by atoms with van der Waals surface area (Å²) in [5.41, 5.74) is 1.34. The second kappa shape index (κ2) is 5.52. The summed E-state index contributed by atoms with van der Waals surface area (Å²) in [7, 11) is 3.08. The minimum Gasteiger partial charge on any atom is -0.507 e. The van der Waals surface area contributed by atoms with Crippen molar-refractivity contribution in [2.75, 3.05) is 14.2 Å². The molecule has 0 aromatic heterocycles. The third-order valence-corrected chi connectivity index (χ3v) is 2.95. The predicted molar refractivity (Wildman–Crippen MR) is 73.6 cm³/mol. The van der Waals surface area contributed by atoms with Crippen molar-refractivity contribution in [1.29, 1.82) is 0 Å². The zero-order chi connectivity index (χ0) is 14.7. The molecule has 2 N–H and O–H groups in total. The van der Waals surface area contributed by atoms with E-state index in [1.807, 2.05) is 0 Å². The third-order valence-electron chi connectivity index (χ3n) is 2.95. The van der Waals surface area contributed by atoms with Crippen LogP contribution in [0.1, 0.15) is 10.4 Å². The molecule has 0 aliphatic heterocycles. The molecule has 0 atom stereocenters. The predicted octanol–water partition coefficient (Wildman–Crippen LogP) is 2.77. The maximum atomic E-state index is 10.9. The van der Waals surface area contributed by atoms with Crippen molar-refractivity contribution in [3.05, 3.63) is 42.0 Å². The second-order valence-corrected chi connectivity index (χ2v) is 4.11. The van der Waals surface area contributed by atoms with Gasteiger partial charge < -0.3 is 19.7 Å². The molecule has 5 nitrogen and oxygen atoms in total. The lowest BCUT2D eigenvalue weighted by Crippen LogP contribution is -1.96. The number of methoxy groups -OCH3 is 2. The van der Waals surface area contributed by atoms with E-state index < -0.39 is 5.97 Å². The van der Waals surface area contributed by atoms with E-state index in [2.05, 4.69) is 0 Å². The first-order valence-corrected chi connectivity index (χ1v) is 5.85. The van der Waals surface area contributed by atoms with Crippen molar-refractivity contribution < 1.29 is 24.5 Å². The van der Waals surface area contributed by atoms with Gasteiger partial charge in [0.05, 0.1) is 14.2 Å². The number of carboxylic acids is 1. The molecule has 0 heterocycles. The Morgan fingerprint density at radius 2 is 1.55 bits per heavy atom. The first-order chi connectivity index (χ1) is 9.56. The smallest absolute Gasteiger partial charge is 0.339 e. The molecule has 2 rings (SSSR count). The molecule has 0 fully saturated rings. The van der Waals surface area contributed by atoms with Gasteiger partial charge in [-0.15, -0.1) is 0 Å². The lowest BCUT2D eigenvalue weighted by Gasteiger charge is -2.10. The van der Waals surface area contributed by atoms with Gasteiger partial charge in [-0.25, -0.2) is 4.79 Å². The van der Waals surface area contributed by atoms with Crippen LogP contribution in [0.2, 0.25) is 0 Å². The number of rotatable bonds is 4. The largest absolute Gasteiger partial charge is 0.507 e. The van der Waals surface area contributed by atoms with Gasteiger partial charge >= 0.3 is 5.97 Å². The molecule has 0 bridgehead atoms. The highest BCUT2D eigenvalue weighted by Gasteiger charge is 2.12. The van der Waals surface area contributed by atoms with E-state index in [-0.39, 0.29) is 11.3 Å². The second-order valence-electron chi connectivity index (χ2n) is 4.11. The Hall–Kier alpha value is -2.69. The number of benzene rings is 2. The lowest BCUT2D eigenvalue weighted by molar-refractivity contribution is 0.0694. The van der Waals surface area contributed by atoms with E-state index in [1.165, 1.54) is 19.2 Å². The summed E-state index contributed by atoms with van der Waals surface area (Å²) in [6.07, 6.45) is 0. The highest BCUT2D eigenvalue weighted by molar-refractivity contribution is 5.91. The van der Waals surface area contributed by atoms with Crippen LogP contribution < -0.4 is 9.47 Å². The van der Waals surface area contributed by atoms with Gasteiger partial charge in [-0.05, 0) is 35.4 Å². The topological polar surface area (TPSA) is 76.0 Å². The van der Waals surface area contributed by atoms with Crippen molar-refractivity contribution in [3.8, 4) is 28.4 Å². The highest BCUT2D eigenvalue weighted by Crippen LogP contribution is 2.34.